The molecule has 0 aromatic heterocycles. The molecular weight excluding hydrogens is 252 g/mol. The van der Waals surface area contributed by atoms with Gasteiger partial charge in [0.2, 0.25) is 0 Å². The summed E-state index contributed by atoms with van der Waals surface area (Å²) in [6, 6.07) is 3.94. The number of ether oxygens (including phenoxy) is 1. The minimum Gasteiger partial charge on any atom is -0.494 e. The molecule has 0 saturated heterocycles. The van der Waals surface area contributed by atoms with Crippen molar-refractivity contribution in [3.63, 3.8) is 0 Å². The standard InChI is InChI=1S/C14H19BF3O/c1-3-4-5-6-7-10-19-13-8-9-14(12(2)11-13)15(16,17)18/h3,8-9,11H,1,4-7,10H2,2H3/q-1. The van der Waals surface area contributed by atoms with Crippen molar-refractivity contribution in [1.82, 2.24) is 0 Å². The van der Waals surface area contributed by atoms with Gasteiger partial charge in [-0.2, -0.15) is 0 Å². The molecule has 0 bridgehead atoms. The number of allylic oxidation sites excluding steroid dienone is 1. The molecule has 0 N–H and O–H groups in total. The second kappa shape index (κ2) is 7.26. The van der Waals surface area contributed by atoms with Crippen LogP contribution >= 0.6 is 0 Å². The first-order chi connectivity index (χ1) is 8.95. The first-order valence-electron chi connectivity index (χ1n) is 6.49. The Kier molecular flexibility index (Phi) is 5.99. The molecule has 0 atom stereocenters. The molecule has 1 rings (SSSR count). The maximum absolute atomic E-state index is 12.6. The van der Waals surface area contributed by atoms with E-state index in [9.17, 15) is 12.9 Å². The van der Waals surface area contributed by atoms with E-state index in [2.05, 4.69) is 6.58 Å². The highest BCUT2D eigenvalue weighted by atomic mass is 19.4. The van der Waals surface area contributed by atoms with Gasteiger partial charge in [0.15, 0.2) is 0 Å². The molecule has 0 aliphatic carbocycles. The lowest BCUT2D eigenvalue weighted by molar-refractivity contribution is 0.305. The number of hydrogen-bond donors (Lipinski definition) is 0. The van der Waals surface area contributed by atoms with Gasteiger partial charge in [-0.25, -0.2) is 0 Å². The Hall–Kier alpha value is -1.39. The van der Waals surface area contributed by atoms with Gasteiger partial charge in [0, 0.05) is 0 Å². The Balaban J connectivity index is 2.44. The van der Waals surface area contributed by atoms with Gasteiger partial charge in [-0.15, -0.1) is 12.0 Å². The van der Waals surface area contributed by atoms with Crippen molar-refractivity contribution in [3.8, 4) is 5.75 Å². The van der Waals surface area contributed by atoms with Gasteiger partial charge in [0.05, 0.1) is 6.61 Å². The third-order valence-electron chi connectivity index (χ3n) is 2.92. The average molecular weight is 271 g/mol. The lowest BCUT2D eigenvalue weighted by Gasteiger charge is -2.18. The van der Waals surface area contributed by atoms with Gasteiger partial charge in [-0.1, -0.05) is 17.7 Å². The van der Waals surface area contributed by atoms with Crippen molar-refractivity contribution >= 4 is 12.4 Å². The Morgan fingerprint density at radius 2 is 1.95 bits per heavy atom. The van der Waals surface area contributed by atoms with Gasteiger partial charge in [-0.05, 0) is 44.7 Å². The Labute approximate surface area is 112 Å². The number of aryl methyl sites for hydroxylation is 1. The Bertz CT molecular complexity index is 416. The molecule has 1 aromatic rings. The first kappa shape index (κ1) is 15.7. The highest BCUT2D eigenvalue weighted by molar-refractivity contribution is 6.74. The van der Waals surface area contributed by atoms with Crippen molar-refractivity contribution in [2.75, 3.05) is 6.61 Å². The van der Waals surface area contributed by atoms with Crippen LogP contribution in [0.5, 0.6) is 5.75 Å². The van der Waals surface area contributed by atoms with Crippen molar-refractivity contribution < 1.29 is 17.7 Å². The van der Waals surface area contributed by atoms with E-state index < -0.39 is 12.4 Å². The molecule has 0 heterocycles. The van der Waals surface area contributed by atoms with E-state index in [4.69, 9.17) is 4.74 Å². The van der Waals surface area contributed by atoms with Crippen LogP contribution < -0.4 is 10.2 Å². The monoisotopic (exact) mass is 271 g/mol. The molecule has 1 nitrogen and oxygen atoms in total. The number of unbranched alkanes of at least 4 members (excludes halogenated alkanes) is 3. The minimum absolute atomic E-state index is 0.219. The fourth-order valence-corrected chi connectivity index (χ4v) is 1.86. The summed E-state index contributed by atoms with van der Waals surface area (Å²) in [5, 5.41) is 0. The van der Waals surface area contributed by atoms with Crippen LogP contribution in [-0.2, 0) is 0 Å². The van der Waals surface area contributed by atoms with Crippen molar-refractivity contribution in [3.05, 3.63) is 36.4 Å². The number of rotatable bonds is 8. The molecule has 0 spiro atoms. The zero-order valence-electron chi connectivity index (χ0n) is 11.2. The smallest absolute Gasteiger partial charge is 0.494 e. The third-order valence-corrected chi connectivity index (χ3v) is 2.92. The fourth-order valence-electron chi connectivity index (χ4n) is 1.86. The minimum atomic E-state index is -4.94. The van der Waals surface area contributed by atoms with E-state index >= 15 is 0 Å². The summed E-state index contributed by atoms with van der Waals surface area (Å²) in [6.07, 6.45) is 5.87. The lowest BCUT2D eigenvalue weighted by Crippen LogP contribution is -2.35. The summed E-state index contributed by atoms with van der Waals surface area (Å²) >= 11 is 0. The van der Waals surface area contributed by atoms with E-state index in [1.165, 1.54) is 19.1 Å². The molecular formula is C14H19BF3O-. The molecule has 5 heteroatoms. The summed E-state index contributed by atoms with van der Waals surface area (Å²) in [4.78, 5) is 0. The summed E-state index contributed by atoms with van der Waals surface area (Å²) in [7, 11) is 0. The lowest BCUT2D eigenvalue weighted by atomic mass is 9.77. The van der Waals surface area contributed by atoms with Gasteiger partial charge in [-0.3, -0.25) is 0 Å². The zero-order chi connectivity index (χ0) is 14.3. The predicted molar refractivity (Wildman–Crippen MR) is 74.1 cm³/mol. The molecule has 106 valence electrons. The molecule has 1 aromatic carbocycles. The van der Waals surface area contributed by atoms with Crippen LogP contribution in [0.4, 0.5) is 12.9 Å². The normalized spacial score (nSPS) is 11.4. The topological polar surface area (TPSA) is 9.23 Å². The number of halogens is 3. The van der Waals surface area contributed by atoms with Crippen molar-refractivity contribution in [2.45, 2.75) is 32.6 Å². The molecule has 0 amide bonds. The summed E-state index contributed by atoms with van der Waals surface area (Å²) in [6.45, 7) is 0.699. The van der Waals surface area contributed by atoms with E-state index in [1.54, 1.807) is 0 Å². The average Bonchev–Trinajstić information content (AvgIpc) is 2.32. The molecule has 0 radical (unpaired) electrons. The summed E-state index contributed by atoms with van der Waals surface area (Å²) in [5.41, 5.74) is -0.324. The quantitative estimate of drug-likeness (QED) is 0.391. The SMILES string of the molecule is C=CCCCCCOc1ccc([B-](F)(F)F)c(C)c1. The molecule has 19 heavy (non-hydrogen) atoms. The van der Waals surface area contributed by atoms with Crippen LogP contribution in [0.25, 0.3) is 0 Å². The second-order valence-electron chi connectivity index (χ2n) is 4.58. The molecule has 0 fully saturated rings. The summed E-state index contributed by atoms with van der Waals surface area (Å²) < 4.78 is 43.3. The molecule has 0 saturated carbocycles. The zero-order valence-corrected chi connectivity index (χ0v) is 11.2. The Morgan fingerprint density at radius 3 is 2.53 bits per heavy atom. The Morgan fingerprint density at radius 1 is 1.21 bits per heavy atom. The largest absolute Gasteiger partial charge is 0.509 e. The summed E-state index contributed by atoms with van der Waals surface area (Å²) in [5.74, 6) is 0.505. The van der Waals surface area contributed by atoms with Crippen LogP contribution in [0, 0.1) is 6.92 Å². The van der Waals surface area contributed by atoms with Gasteiger partial charge < -0.3 is 17.7 Å². The molecule has 0 unspecified atom stereocenters. The maximum atomic E-state index is 12.6. The molecule has 0 aliphatic heterocycles. The van der Waals surface area contributed by atoms with E-state index in [0.29, 0.717) is 12.4 Å². The number of benzene rings is 1. The number of hydrogen-bond acceptors (Lipinski definition) is 1. The highest BCUT2D eigenvalue weighted by Gasteiger charge is 2.27. The van der Waals surface area contributed by atoms with E-state index in [0.717, 1.165) is 31.7 Å². The predicted octanol–water partition coefficient (Wildman–Crippen LogP) is 4.17. The van der Waals surface area contributed by atoms with E-state index in [-0.39, 0.29) is 5.56 Å². The second-order valence-corrected chi connectivity index (χ2v) is 4.58. The van der Waals surface area contributed by atoms with Gasteiger partial charge in [0.25, 0.3) is 0 Å². The van der Waals surface area contributed by atoms with Crippen LogP contribution in [0.15, 0.2) is 30.9 Å². The van der Waals surface area contributed by atoms with Gasteiger partial charge >= 0.3 is 6.98 Å². The van der Waals surface area contributed by atoms with Crippen LogP contribution in [-0.4, -0.2) is 13.6 Å². The fraction of sp³-hybridized carbons (Fsp3) is 0.429. The first-order valence-corrected chi connectivity index (χ1v) is 6.49. The van der Waals surface area contributed by atoms with Crippen LogP contribution in [0.3, 0.4) is 0 Å². The van der Waals surface area contributed by atoms with Crippen LogP contribution in [0.1, 0.15) is 31.2 Å². The highest BCUT2D eigenvalue weighted by Crippen LogP contribution is 2.17. The maximum Gasteiger partial charge on any atom is 0.509 e. The van der Waals surface area contributed by atoms with Crippen molar-refractivity contribution in [2.24, 2.45) is 0 Å². The van der Waals surface area contributed by atoms with Crippen LogP contribution in [0.2, 0.25) is 0 Å². The third kappa shape index (κ3) is 5.41. The van der Waals surface area contributed by atoms with Crippen molar-refractivity contribution in [1.29, 1.82) is 0 Å². The van der Waals surface area contributed by atoms with Gasteiger partial charge in [0.1, 0.15) is 5.75 Å². The molecule has 0 aliphatic rings. The van der Waals surface area contributed by atoms with E-state index in [1.807, 2.05) is 6.08 Å².